The maximum Gasteiger partial charge on any atom is 0.224 e. The number of fused-ring (bicyclic) bond motifs is 1. The van der Waals surface area contributed by atoms with Crippen molar-refractivity contribution in [3.05, 3.63) is 48.0 Å². The molecule has 0 radical (unpaired) electrons. The zero-order chi connectivity index (χ0) is 14.7. The maximum atomic E-state index is 12.3. The van der Waals surface area contributed by atoms with E-state index < -0.39 is 0 Å². The lowest BCUT2D eigenvalue weighted by molar-refractivity contribution is -0.132. The molecular formula is C18H23ClN2O. The van der Waals surface area contributed by atoms with Crippen molar-refractivity contribution in [3.63, 3.8) is 0 Å². The van der Waals surface area contributed by atoms with E-state index in [1.165, 1.54) is 16.3 Å². The van der Waals surface area contributed by atoms with E-state index in [-0.39, 0.29) is 18.3 Å². The predicted octanol–water partition coefficient (Wildman–Crippen LogP) is 3.36. The van der Waals surface area contributed by atoms with Gasteiger partial charge in [0.25, 0.3) is 0 Å². The monoisotopic (exact) mass is 318 g/mol. The van der Waals surface area contributed by atoms with E-state index in [1.54, 1.807) is 0 Å². The number of halogens is 1. The molecule has 1 fully saturated rings. The molecule has 3 rings (SSSR count). The van der Waals surface area contributed by atoms with Crippen LogP contribution in [0.2, 0.25) is 0 Å². The number of benzene rings is 2. The van der Waals surface area contributed by atoms with Gasteiger partial charge < -0.3 is 10.2 Å². The number of nitrogens with zero attached hydrogens (tertiary/aromatic N) is 1. The van der Waals surface area contributed by atoms with Crippen molar-refractivity contribution in [1.29, 1.82) is 0 Å². The number of nitrogens with one attached hydrogen (secondary N) is 1. The van der Waals surface area contributed by atoms with E-state index in [1.807, 2.05) is 7.05 Å². The van der Waals surface area contributed by atoms with Crippen molar-refractivity contribution in [3.8, 4) is 0 Å². The highest BCUT2D eigenvalue weighted by Gasteiger charge is 2.32. The lowest BCUT2D eigenvalue weighted by atomic mass is 10.1. The van der Waals surface area contributed by atoms with E-state index >= 15 is 0 Å². The van der Waals surface area contributed by atoms with E-state index in [9.17, 15) is 4.79 Å². The number of rotatable bonds is 6. The van der Waals surface area contributed by atoms with E-state index in [0.717, 1.165) is 25.9 Å². The molecule has 1 N–H and O–H groups in total. The van der Waals surface area contributed by atoms with E-state index in [4.69, 9.17) is 0 Å². The lowest BCUT2D eigenvalue weighted by Crippen LogP contribution is -2.34. The normalized spacial score (nSPS) is 13.7. The molecule has 0 atom stereocenters. The van der Waals surface area contributed by atoms with Gasteiger partial charge >= 0.3 is 0 Å². The molecule has 0 aromatic heterocycles. The molecule has 1 aliphatic carbocycles. The quantitative estimate of drug-likeness (QED) is 0.885. The van der Waals surface area contributed by atoms with Gasteiger partial charge in [-0.05, 0) is 42.3 Å². The number of hydrogen-bond donors (Lipinski definition) is 1. The van der Waals surface area contributed by atoms with Gasteiger partial charge in [-0.2, -0.15) is 0 Å². The Bertz CT molecular complexity index is 640. The average molecular weight is 319 g/mol. The summed E-state index contributed by atoms with van der Waals surface area (Å²) in [7, 11) is 1.89. The van der Waals surface area contributed by atoms with Gasteiger partial charge in [0, 0.05) is 25.6 Å². The molecule has 0 aliphatic heterocycles. The first-order chi connectivity index (χ1) is 10.3. The van der Waals surface area contributed by atoms with Crippen molar-refractivity contribution in [2.45, 2.75) is 31.8 Å². The minimum Gasteiger partial charge on any atom is -0.335 e. The minimum atomic E-state index is 0. The fourth-order valence-electron chi connectivity index (χ4n) is 2.72. The molecule has 3 nitrogen and oxygen atoms in total. The molecule has 1 aliphatic rings. The van der Waals surface area contributed by atoms with Crippen LogP contribution in [-0.2, 0) is 11.3 Å². The molecule has 0 bridgehead atoms. The topological polar surface area (TPSA) is 32.3 Å². The van der Waals surface area contributed by atoms with Crippen LogP contribution in [0.3, 0.4) is 0 Å². The molecule has 2 aromatic rings. The maximum absolute atomic E-state index is 12.3. The molecule has 0 saturated heterocycles. The highest BCUT2D eigenvalue weighted by molar-refractivity contribution is 5.85. The highest BCUT2D eigenvalue weighted by Crippen LogP contribution is 2.29. The summed E-state index contributed by atoms with van der Waals surface area (Å²) in [6.45, 7) is 1.48. The Balaban J connectivity index is 0.00000176. The summed E-state index contributed by atoms with van der Waals surface area (Å²) in [5.41, 5.74) is 1.22. The van der Waals surface area contributed by atoms with Crippen LogP contribution in [-0.4, -0.2) is 30.4 Å². The van der Waals surface area contributed by atoms with Crippen LogP contribution in [0.1, 0.15) is 24.8 Å². The summed E-state index contributed by atoms with van der Waals surface area (Å²) in [6.07, 6.45) is 2.89. The van der Waals surface area contributed by atoms with Gasteiger partial charge in [0.2, 0.25) is 5.91 Å². The molecule has 1 saturated carbocycles. The van der Waals surface area contributed by atoms with E-state index in [0.29, 0.717) is 12.5 Å². The molecule has 4 heteroatoms. The van der Waals surface area contributed by atoms with Gasteiger partial charge in [0.1, 0.15) is 0 Å². The highest BCUT2D eigenvalue weighted by atomic mass is 35.5. The Labute approximate surface area is 138 Å². The Morgan fingerprint density at radius 2 is 1.91 bits per heavy atom. The average Bonchev–Trinajstić information content (AvgIpc) is 3.35. The van der Waals surface area contributed by atoms with Crippen LogP contribution in [0, 0.1) is 0 Å². The molecular weight excluding hydrogens is 296 g/mol. The zero-order valence-corrected chi connectivity index (χ0v) is 13.7. The Hall–Kier alpha value is -1.58. The smallest absolute Gasteiger partial charge is 0.224 e. The Morgan fingerprint density at radius 3 is 2.59 bits per heavy atom. The third kappa shape index (κ3) is 3.99. The van der Waals surface area contributed by atoms with Gasteiger partial charge in [0.05, 0.1) is 0 Å². The molecule has 22 heavy (non-hydrogen) atoms. The Morgan fingerprint density at radius 1 is 1.18 bits per heavy atom. The fourth-order valence-corrected chi connectivity index (χ4v) is 2.72. The number of carbonyl (C=O) groups is 1. The lowest BCUT2D eigenvalue weighted by Gasteiger charge is -2.23. The number of amides is 1. The summed E-state index contributed by atoms with van der Waals surface area (Å²) < 4.78 is 0. The standard InChI is InChI=1S/C18H22N2O.ClH/c1-19-11-10-18(21)20(17-8-9-17)13-14-6-7-15-4-2-3-5-16(15)12-14;/h2-7,12,17,19H,8-11,13H2,1H3;1H. The third-order valence-corrected chi connectivity index (χ3v) is 4.06. The minimum absolute atomic E-state index is 0. The van der Waals surface area contributed by atoms with Gasteiger partial charge in [-0.3, -0.25) is 4.79 Å². The Kier molecular flexibility index (Phi) is 5.81. The second-order valence-electron chi connectivity index (χ2n) is 5.79. The second kappa shape index (κ2) is 7.61. The fraction of sp³-hybridized carbons (Fsp3) is 0.389. The number of carbonyl (C=O) groups excluding carboxylic acids is 1. The number of hydrogen-bond acceptors (Lipinski definition) is 2. The summed E-state index contributed by atoms with van der Waals surface area (Å²) >= 11 is 0. The molecule has 0 unspecified atom stereocenters. The third-order valence-electron chi connectivity index (χ3n) is 4.06. The van der Waals surface area contributed by atoms with Crippen LogP contribution in [0.25, 0.3) is 10.8 Å². The summed E-state index contributed by atoms with van der Waals surface area (Å²) in [4.78, 5) is 14.4. The van der Waals surface area contributed by atoms with Crippen LogP contribution in [0.15, 0.2) is 42.5 Å². The van der Waals surface area contributed by atoms with Gasteiger partial charge in [-0.1, -0.05) is 36.4 Å². The van der Waals surface area contributed by atoms with Crippen LogP contribution in [0.5, 0.6) is 0 Å². The molecule has 0 heterocycles. The van der Waals surface area contributed by atoms with Crippen molar-refractivity contribution in [2.24, 2.45) is 0 Å². The SMILES string of the molecule is CNCCC(=O)N(Cc1ccc2ccccc2c1)C1CC1.Cl. The van der Waals surface area contributed by atoms with Crippen molar-refractivity contribution in [2.75, 3.05) is 13.6 Å². The molecule has 118 valence electrons. The molecule has 0 spiro atoms. The first-order valence-electron chi connectivity index (χ1n) is 7.69. The van der Waals surface area contributed by atoms with E-state index in [2.05, 4.69) is 52.7 Å². The summed E-state index contributed by atoms with van der Waals surface area (Å²) in [5.74, 6) is 0.264. The van der Waals surface area contributed by atoms with Crippen molar-refractivity contribution in [1.82, 2.24) is 10.2 Å². The zero-order valence-electron chi connectivity index (χ0n) is 12.9. The molecule has 2 aromatic carbocycles. The van der Waals surface area contributed by atoms with Gasteiger partial charge in [-0.15, -0.1) is 12.4 Å². The summed E-state index contributed by atoms with van der Waals surface area (Å²) in [6, 6.07) is 15.3. The first-order valence-corrected chi connectivity index (χ1v) is 7.69. The molecule has 1 amide bonds. The predicted molar refractivity (Wildman–Crippen MR) is 93.3 cm³/mol. The van der Waals surface area contributed by atoms with Gasteiger partial charge in [-0.25, -0.2) is 0 Å². The van der Waals surface area contributed by atoms with Crippen molar-refractivity contribution < 1.29 is 4.79 Å². The first kappa shape index (κ1) is 16.8. The van der Waals surface area contributed by atoms with Gasteiger partial charge in [0.15, 0.2) is 0 Å². The summed E-state index contributed by atoms with van der Waals surface area (Å²) in [5, 5.41) is 5.55. The largest absolute Gasteiger partial charge is 0.335 e. The van der Waals surface area contributed by atoms with Crippen LogP contribution in [0.4, 0.5) is 0 Å². The van der Waals surface area contributed by atoms with Crippen molar-refractivity contribution >= 4 is 29.1 Å². The van der Waals surface area contributed by atoms with Crippen LogP contribution < -0.4 is 5.32 Å². The second-order valence-corrected chi connectivity index (χ2v) is 5.79. The van der Waals surface area contributed by atoms with Crippen LogP contribution >= 0.6 is 12.4 Å².